The smallest absolute Gasteiger partial charge is 0.154 e. The number of benzene rings is 3. The van der Waals surface area contributed by atoms with Crippen LogP contribution in [-0.2, 0) is 0 Å². The van der Waals surface area contributed by atoms with Crippen LogP contribution in [0.1, 0.15) is 42.0 Å². The van der Waals surface area contributed by atoms with E-state index in [0.29, 0.717) is 11.8 Å². The van der Waals surface area contributed by atoms with Gasteiger partial charge in [-0.25, -0.2) is 9.38 Å². The van der Waals surface area contributed by atoms with Crippen molar-refractivity contribution < 1.29 is 4.39 Å². The Bertz CT molecular complexity index is 1020. The first-order valence-corrected chi connectivity index (χ1v) is 9.00. The van der Waals surface area contributed by atoms with Crippen LogP contribution in [0.5, 0.6) is 0 Å². The van der Waals surface area contributed by atoms with E-state index >= 15 is 0 Å². The Kier molecular flexibility index (Phi) is 4.55. The van der Waals surface area contributed by atoms with Crippen molar-refractivity contribution in [3.63, 3.8) is 0 Å². The molecule has 3 aromatic carbocycles. The molecule has 0 aliphatic carbocycles. The lowest BCUT2D eigenvalue weighted by molar-refractivity contribution is 0.627. The summed E-state index contributed by atoms with van der Waals surface area (Å²) in [6, 6.07) is 22.6. The molecule has 4 rings (SSSR count). The summed E-state index contributed by atoms with van der Waals surface area (Å²) < 4.78 is 13.3. The van der Waals surface area contributed by atoms with Crippen molar-refractivity contribution in [1.29, 1.82) is 0 Å². The highest BCUT2D eigenvalue weighted by Crippen LogP contribution is 2.29. The van der Waals surface area contributed by atoms with E-state index in [1.807, 2.05) is 36.4 Å². The Hall–Kier alpha value is -3.27. The molecule has 0 aromatic heterocycles. The second-order valence-electron chi connectivity index (χ2n) is 6.84. The fourth-order valence-corrected chi connectivity index (χ4v) is 3.07. The van der Waals surface area contributed by atoms with Crippen LogP contribution in [0.3, 0.4) is 0 Å². The highest BCUT2D eigenvalue weighted by molar-refractivity contribution is 6.18. The minimum Gasteiger partial charge on any atom is -0.260 e. The average Bonchev–Trinajstić information content (AvgIpc) is 2.88. The maximum atomic E-state index is 13.3. The molecule has 1 aliphatic heterocycles. The molecule has 0 radical (unpaired) electrons. The van der Waals surface area contributed by atoms with Crippen molar-refractivity contribution in [2.45, 2.75) is 19.8 Å². The van der Waals surface area contributed by atoms with Gasteiger partial charge in [0.2, 0.25) is 0 Å². The third-order valence-corrected chi connectivity index (χ3v) is 4.61. The Labute approximate surface area is 158 Å². The van der Waals surface area contributed by atoms with Gasteiger partial charge in [0.25, 0.3) is 0 Å². The van der Waals surface area contributed by atoms with E-state index in [1.165, 1.54) is 17.7 Å². The maximum absolute atomic E-state index is 13.3. The number of halogens is 1. The zero-order valence-electron chi connectivity index (χ0n) is 15.3. The second kappa shape index (κ2) is 7.16. The quantitative estimate of drug-likeness (QED) is 0.671. The van der Waals surface area contributed by atoms with Crippen molar-refractivity contribution in [3.8, 4) is 0 Å². The van der Waals surface area contributed by atoms with Crippen LogP contribution in [0.2, 0.25) is 0 Å². The highest BCUT2D eigenvalue weighted by atomic mass is 19.1. The monoisotopic (exact) mass is 357 g/mol. The highest BCUT2D eigenvalue weighted by Gasteiger charge is 2.18. The van der Waals surface area contributed by atoms with Gasteiger partial charge in [-0.3, -0.25) is 5.43 Å². The predicted octanol–water partition coefficient (Wildman–Crippen LogP) is 5.38. The predicted molar refractivity (Wildman–Crippen MR) is 108 cm³/mol. The summed E-state index contributed by atoms with van der Waals surface area (Å²) in [6.07, 6.45) is 0. The summed E-state index contributed by atoms with van der Waals surface area (Å²) in [6.45, 7) is 4.34. The van der Waals surface area contributed by atoms with Crippen molar-refractivity contribution in [2.75, 3.05) is 0 Å². The van der Waals surface area contributed by atoms with Crippen molar-refractivity contribution in [2.24, 2.45) is 10.1 Å². The molecule has 1 aliphatic rings. The van der Waals surface area contributed by atoms with E-state index in [9.17, 15) is 4.39 Å². The van der Waals surface area contributed by atoms with Crippen LogP contribution < -0.4 is 5.43 Å². The van der Waals surface area contributed by atoms with E-state index in [-0.39, 0.29) is 5.82 Å². The average molecular weight is 357 g/mol. The van der Waals surface area contributed by atoms with E-state index in [4.69, 9.17) is 4.99 Å². The van der Waals surface area contributed by atoms with Crippen molar-refractivity contribution in [3.05, 3.63) is 101 Å². The Morgan fingerprint density at radius 3 is 2.30 bits per heavy atom. The molecule has 1 heterocycles. The number of rotatable bonds is 3. The van der Waals surface area contributed by atoms with E-state index in [0.717, 1.165) is 28.1 Å². The van der Waals surface area contributed by atoms with Crippen LogP contribution in [0.4, 0.5) is 10.1 Å². The summed E-state index contributed by atoms with van der Waals surface area (Å²) in [5, 5.41) is 4.66. The molecular formula is C23H20FN3. The topological polar surface area (TPSA) is 36.8 Å². The van der Waals surface area contributed by atoms with E-state index < -0.39 is 0 Å². The van der Waals surface area contributed by atoms with Gasteiger partial charge in [-0.05, 0) is 47.9 Å². The lowest BCUT2D eigenvalue weighted by Crippen LogP contribution is -2.19. The van der Waals surface area contributed by atoms with Gasteiger partial charge in [0.1, 0.15) is 5.82 Å². The molecule has 1 N–H and O–H groups in total. The summed E-state index contributed by atoms with van der Waals surface area (Å²) in [5.74, 6) is 0.729. The van der Waals surface area contributed by atoms with E-state index in [2.05, 4.69) is 36.5 Å². The molecule has 0 amide bonds. The molecule has 0 unspecified atom stereocenters. The van der Waals surface area contributed by atoms with Gasteiger partial charge in [0, 0.05) is 16.7 Å². The normalized spacial score (nSPS) is 13.3. The summed E-state index contributed by atoms with van der Waals surface area (Å²) in [4.78, 5) is 4.78. The number of amidine groups is 1. The third kappa shape index (κ3) is 3.51. The van der Waals surface area contributed by atoms with E-state index in [1.54, 1.807) is 12.1 Å². The SMILES string of the molecule is CC(C)c1ccc2c(c1)C(c1ccccc1)=NNC(c1ccc(F)cc1)=N2. The molecule has 0 saturated carbocycles. The number of nitrogens with one attached hydrogen (secondary N) is 1. The molecule has 0 bridgehead atoms. The molecular weight excluding hydrogens is 337 g/mol. The van der Waals surface area contributed by atoms with Gasteiger partial charge >= 0.3 is 0 Å². The fraction of sp³-hybridized carbons (Fsp3) is 0.130. The van der Waals surface area contributed by atoms with Gasteiger partial charge in [-0.15, -0.1) is 0 Å². The maximum Gasteiger partial charge on any atom is 0.154 e. The van der Waals surface area contributed by atoms with Crippen LogP contribution in [0.25, 0.3) is 0 Å². The molecule has 0 fully saturated rings. The zero-order valence-corrected chi connectivity index (χ0v) is 15.3. The first kappa shape index (κ1) is 17.2. The van der Waals surface area contributed by atoms with Crippen LogP contribution in [0.15, 0.2) is 82.9 Å². The molecule has 4 heteroatoms. The Morgan fingerprint density at radius 1 is 0.852 bits per heavy atom. The number of fused-ring (bicyclic) bond motifs is 1. The van der Waals surface area contributed by atoms with Gasteiger partial charge < -0.3 is 0 Å². The van der Waals surface area contributed by atoms with Gasteiger partial charge in [-0.2, -0.15) is 5.10 Å². The Morgan fingerprint density at radius 2 is 1.59 bits per heavy atom. The fourth-order valence-electron chi connectivity index (χ4n) is 3.07. The van der Waals surface area contributed by atoms with Crippen molar-refractivity contribution >= 4 is 17.2 Å². The molecule has 0 atom stereocenters. The van der Waals surface area contributed by atoms with Crippen LogP contribution in [-0.4, -0.2) is 11.5 Å². The largest absolute Gasteiger partial charge is 0.260 e. The molecule has 0 spiro atoms. The summed E-state index contributed by atoms with van der Waals surface area (Å²) in [7, 11) is 0. The number of hydrazone groups is 1. The standard InChI is InChI=1S/C23H20FN3/c1-15(2)18-10-13-21-20(14-18)22(16-6-4-3-5-7-16)26-27-23(25-21)17-8-11-19(24)12-9-17/h3-15H,1-2H3,(H,25,27). The molecule has 3 nitrogen and oxygen atoms in total. The first-order valence-electron chi connectivity index (χ1n) is 9.00. The van der Waals surface area contributed by atoms with Crippen molar-refractivity contribution in [1.82, 2.24) is 5.43 Å². The van der Waals surface area contributed by atoms with Crippen LogP contribution in [0, 0.1) is 5.82 Å². The summed E-state index contributed by atoms with van der Waals surface area (Å²) >= 11 is 0. The molecule has 134 valence electrons. The lowest BCUT2D eigenvalue weighted by atomic mass is 9.95. The van der Waals surface area contributed by atoms with Crippen LogP contribution >= 0.6 is 0 Å². The van der Waals surface area contributed by atoms with Gasteiger partial charge in [0.15, 0.2) is 5.84 Å². The summed E-state index contributed by atoms with van der Waals surface area (Å²) in [5.41, 5.74) is 8.78. The molecule has 3 aromatic rings. The van der Waals surface area contributed by atoms with Gasteiger partial charge in [-0.1, -0.05) is 50.2 Å². The number of aliphatic imine (C=N–C) groups is 1. The number of nitrogens with zero attached hydrogens (tertiary/aromatic N) is 2. The Balaban J connectivity index is 1.88. The minimum absolute atomic E-state index is 0.275. The number of hydrogen-bond donors (Lipinski definition) is 1. The zero-order chi connectivity index (χ0) is 18.8. The molecule has 0 saturated heterocycles. The second-order valence-corrected chi connectivity index (χ2v) is 6.84. The van der Waals surface area contributed by atoms with Gasteiger partial charge in [0.05, 0.1) is 11.4 Å². The minimum atomic E-state index is -0.275. The number of hydrogen-bond acceptors (Lipinski definition) is 3. The third-order valence-electron chi connectivity index (χ3n) is 4.61. The molecule has 27 heavy (non-hydrogen) atoms. The lowest BCUT2D eigenvalue weighted by Gasteiger charge is -2.12. The first-order chi connectivity index (χ1) is 13.1.